The van der Waals surface area contributed by atoms with Gasteiger partial charge in [-0.05, 0) is 46.6 Å². The lowest BCUT2D eigenvalue weighted by molar-refractivity contribution is -0.107. The molecule has 0 saturated carbocycles. The van der Waals surface area contributed by atoms with Gasteiger partial charge in [-0.2, -0.15) is 0 Å². The minimum absolute atomic E-state index is 0.108. The molecule has 0 aliphatic carbocycles. The topological polar surface area (TPSA) is 55.6 Å². The zero-order chi connectivity index (χ0) is 15.4. The van der Waals surface area contributed by atoms with Gasteiger partial charge in [-0.1, -0.05) is 18.2 Å². The minimum atomic E-state index is -0.465. The third-order valence-electron chi connectivity index (χ3n) is 3.07. The van der Waals surface area contributed by atoms with Gasteiger partial charge in [-0.25, -0.2) is 10.2 Å². The quantitative estimate of drug-likeness (QED) is 0.388. The highest BCUT2D eigenvalue weighted by Gasteiger charge is 2.12. The van der Waals surface area contributed by atoms with Gasteiger partial charge in [-0.3, -0.25) is 9.80 Å². The molecule has 0 atom stereocenters. The maximum Gasteiger partial charge on any atom is 0.228 e. The summed E-state index contributed by atoms with van der Waals surface area (Å²) in [7, 11) is 0. The predicted octanol–water partition coefficient (Wildman–Crippen LogP) is 3.31. The molecule has 0 aliphatic rings. The summed E-state index contributed by atoms with van der Waals surface area (Å²) in [5, 5.41) is 0.975. The lowest BCUT2D eigenvalue weighted by atomic mass is 10.1. The number of aryl methyl sites for hydroxylation is 1. The van der Waals surface area contributed by atoms with Crippen LogP contribution in [0.2, 0.25) is 0 Å². The Labute approximate surface area is 130 Å². The Bertz CT molecular complexity index is 664. The summed E-state index contributed by atoms with van der Waals surface area (Å²) < 4.78 is 19.7. The fourth-order valence-electron chi connectivity index (χ4n) is 1.92. The van der Waals surface area contributed by atoms with Crippen LogP contribution in [0.5, 0.6) is 5.75 Å². The fourth-order valence-corrected chi connectivity index (χ4v) is 2.27. The highest BCUT2D eigenvalue weighted by atomic mass is 79.9. The van der Waals surface area contributed by atoms with E-state index in [2.05, 4.69) is 15.9 Å². The summed E-state index contributed by atoms with van der Waals surface area (Å²) in [5.41, 5.74) is 2.16. The minimum Gasteiger partial charge on any atom is -0.486 e. The van der Waals surface area contributed by atoms with Crippen molar-refractivity contribution in [2.45, 2.75) is 13.5 Å². The van der Waals surface area contributed by atoms with E-state index in [9.17, 15) is 9.18 Å². The number of carbonyl (C=O) groups is 1. The standard InChI is InChI=1S/C15H14BrFN2O2/c1-10-4-2-6-13(19(18)9-20)11(10)8-21-14-7-3-5-12(16)15(14)17/h2-7,9H,8,18H2,1H3. The van der Waals surface area contributed by atoms with E-state index in [4.69, 9.17) is 10.6 Å². The van der Waals surface area contributed by atoms with E-state index >= 15 is 0 Å². The van der Waals surface area contributed by atoms with E-state index in [-0.39, 0.29) is 12.4 Å². The van der Waals surface area contributed by atoms with Crippen LogP contribution in [-0.2, 0) is 11.4 Å². The van der Waals surface area contributed by atoms with Crippen LogP contribution in [0, 0.1) is 12.7 Å². The summed E-state index contributed by atoms with van der Waals surface area (Å²) >= 11 is 3.11. The average molecular weight is 353 g/mol. The molecule has 2 rings (SSSR count). The molecule has 0 unspecified atom stereocenters. The van der Waals surface area contributed by atoms with Gasteiger partial charge in [0.15, 0.2) is 11.6 Å². The van der Waals surface area contributed by atoms with Gasteiger partial charge in [0.2, 0.25) is 6.41 Å². The molecule has 1 amide bonds. The number of amides is 1. The van der Waals surface area contributed by atoms with Crippen molar-refractivity contribution in [3.63, 3.8) is 0 Å². The van der Waals surface area contributed by atoms with Gasteiger partial charge in [0, 0.05) is 5.56 Å². The highest BCUT2D eigenvalue weighted by Crippen LogP contribution is 2.27. The normalized spacial score (nSPS) is 10.3. The lowest BCUT2D eigenvalue weighted by Crippen LogP contribution is -2.30. The fraction of sp³-hybridized carbons (Fsp3) is 0.133. The van der Waals surface area contributed by atoms with E-state index in [0.29, 0.717) is 16.6 Å². The average Bonchev–Trinajstić information content (AvgIpc) is 2.49. The van der Waals surface area contributed by atoms with Gasteiger partial charge >= 0.3 is 0 Å². The summed E-state index contributed by atoms with van der Waals surface area (Å²) in [4.78, 5) is 10.8. The van der Waals surface area contributed by atoms with Crippen molar-refractivity contribution in [1.82, 2.24) is 0 Å². The maximum atomic E-state index is 13.9. The lowest BCUT2D eigenvalue weighted by Gasteiger charge is -2.18. The number of hydrogen-bond acceptors (Lipinski definition) is 3. The van der Waals surface area contributed by atoms with Crippen molar-refractivity contribution in [2.75, 3.05) is 5.01 Å². The molecular weight excluding hydrogens is 339 g/mol. The molecule has 2 aromatic rings. The van der Waals surface area contributed by atoms with Crippen LogP contribution in [0.1, 0.15) is 11.1 Å². The molecular formula is C15H14BrFN2O2. The number of hydrogen-bond donors (Lipinski definition) is 1. The summed E-state index contributed by atoms with van der Waals surface area (Å²) in [5.74, 6) is 5.28. The van der Waals surface area contributed by atoms with Crippen LogP contribution >= 0.6 is 15.9 Å². The number of carbonyl (C=O) groups excluding carboxylic acids is 1. The van der Waals surface area contributed by atoms with Crippen LogP contribution in [-0.4, -0.2) is 6.41 Å². The Morgan fingerprint density at radius 2 is 2.05 bits per heavy atom. The summed E-state index contributed by atoms with van der Waals surface area (Å²) in [6.07, 6.45) is 0.512. The van der Waals surface area contributed by atoms with E-state index < -0.39 is 5.82 Å². The van der Waals surface area contributed by atoms with E-state index in [1.54, 1.807) is 24.3 Å². The molecule has 0 aromatic heterocycles. The molecule has 2 aromatic carbocycles. The molecule has 6 heteroatoms. The molecule has 0 fully saturated rings. The van der Waals surface area contributed by atoms with E-state index in [0.717, 1.165) is 16.1 Å². The predicted molar refractivity (Wildman–Crippen MR) is 82.3 cm³/mol. The van der Waals surface area contributed by atoms with Gasteiger partial charge < -0.3 is 4.74 Å². The Morgan fingerprint density at radius 1 is 1.33 bits per heavy atom. The zero-order valence-corrected chi connectivity index (χ0v) is 12.9. The van der Waals surface area contributed by atoms with Crippen LogP contribution in [0.15, 0.2) is 40.9 Å². The highest BCUT2D eigenvalue weighted by molar-refractivity contribution is 9.10. The van der Waals surface area contributed by atoms with Crippen molar-refractivity contribution in [3.05, 3.63) is 57.8 Å². The molecule has 0 aliphatic heterocycles. The second kappa shape index (κ2) is 6.69. The smallest absolute Gasteiger partial charge is 0.228 e. The Morgan fingerprint density at radius 3 is 2.76 bits per heavy atom. The van der Waals surface area contributed by atoms with Gasteiger partial charge in [0.1, 0.15) is 6.61 Å². The molecule has 110 valence electrons. The van der Waals surface area contributed by atoms with Crippen molar-refractivity contribution >= 4 is 28.0 Å². The number of benzene rings is 2. The Balaban J connectivity index is 2.28. The molecule has 2 N–H and O–H groups in total. The van der Waals surface area contributed by atoms with Crippen molar-refractivity contribution < 1.29 is 13.9 Å². The molecule has 0 saturated heterocycles. The Kier molecular flexibility index (Phi) is 4.93. The van der Waals surface area contributed by atoms with Gasteiger partial charge in [0.25, 0.3) is 0 Å². The first-order valence-electron chi connectivity index (χ1n) is 6.19. The number of halogens is 2. The van der Waals surface area contributed by atoms with Crippen LogP contribution in [0.4, 0.5) is 10.1 Å². The molecule has 4 nitrogen and oxygen atoms in total. The van der Waals surface area contributed by atoms with Crippen LogP contribution in [0.25, 0.3) is 0 Å². The van der Waals surface area contributed by atoms with Crippen LogP contribution < -0.4 is 15.6 Å². The third-order valence-corrected chi connectivity index (χ3v) is 3.68. The van der Waals surface area contributed by atoms with Crippen LogP contribution in [0.3, 0.4) is 0 Å². The molecule has 0 radical (unpaired) electrons. The number of rotatable bonds is 5. The molecule has 21 heavy (non-hydrogen) atoms. The number of nitrogens with two attached hydrogens (primary N) is 1. The summed E-state index contributed by atoms with van der Waals surface area (Å²) in [6, 6.07) is 10.2. The first kappa shape index (κ1) is 15.5. The van der Waals surface area contributed by atoms with Crippen molar-refractivity contribution in [1.29, 1.82) is 0 Å². The number of nitrogens with zero attached hydrogens (tertiary/aromatic N) is 1. The van der Waals surface area contributed by atoms with E-state index in [1.165, 1.54) is 6.07 Å². The SMILES string of the molecule is Cc1cccc(N(N)C=O)c1COc1cccc(Br)c1F. The largest absolute Gasteiger partial charge is 0.486 e. The second-order valence-electron chi connectivity index (χ2n) is 4.43. The zero-order valence-electron chi connectivity index (χ0n) is 11.3. The third kappa shape index (κ3) is 3.40. The second-order valence-corrected chi connectivity index (χ2v) is 5.28. The number of anilines is 1. The van der Waals surface area contributed by atoms with Crippen molar-refractivity contribution in [3.8, 4) is 5.75 Å². The summed E-state index contributed by atoms with van der Waals surface area (Å²) in [6.45, 7) is 1.98. The number of hydrazine groups is 1. The van der Waals surface area contributed by atoms with Gasteiger partial charge in [-0.15, -0.1) is 0 Å². The Hall–Kier alpha value is -1.92. The first-order valence-corrected chi connectivity index (χ1v) is 6.98. The van der Waals surface area contributed by atoms with Crippen molar-refractivity contribution in [2.24, 2.45) is 5.84 Å². The maximum absolute atomic E-state index is 13.9. The van der Waals surface area contributed by atoms with Gasteiger partial charge in [0.05, 0.1) is 10.2 Å². The first-order chi connectivity index (χ1) is 10.0. The molecule has 0 bridgehead atoms. The molecule has 0 spiro atoms. The molecule has 0 heterocycles. The monoisotopic (exact) mass is 352 g/mol. The van der Waals surface area contributed by atoms with E-state index in [1.807, 2.05) is 13.0 Å². The number of ether oxygens (including phenoxy) is 1.